The van der Waals surface area contributed by atoms with E-state index in [0.717, 1.165) is 34.6 Å². The molecule has 3 N–H and O–H groups in total. The molecule has 0 saturated heterocycles. The first-order chi connectivity index (χ1) is 19.1. The van der Waals surface area contributed by atoms with Gasteiger partial charge in [0.05, 0.1) is 11.4 Å². The Kier molecular flexibility index (Phi) is 7.57. The van der Waals surface area contributed by atoms with Crippen molar-refractivity contribution in [2.45, 2.75) is 58.9 Å². The van der Waals surface area contributed by atoms with E-state index < -0.39 is 11.9 Å². The van der Waals surface area contributed by atoms with Crippen molar-refractivity contribution >= 4 is 11.8 Å². The van der Waals surface area contributed by atoms with Crippen LogP contribution in [-0.2, 0) is 16.0 Å². The van der Waals surface area contributed by atoms with Gasteiger partial charge in [0.15, 0.2) is 0 Å². The molecule has 0 unspecified atom stereocenters. The lowest BCUT2D eigenvalue weighted by atomic mass is 9.52. The highest BCUT2D eigenvalue weighted by atomic mass is 16.2. The maximum atomic E-state index is 13.1. The van der Waals surface area contributed by atoms with Gasteiger partial charge in [0.25, 0.3) is 0 Å². The van der Waals surface area contributed by atoms with Gasteiger partial charge in [0.1, 0.15) is 6.04 Å². The molecular formula is C33H37N5O2. The van der Waals surface area contributed by atoms with Crippen LogP contribution in [0.5, 0.6) is 0 Å². The molecule has 1 saturated carbocycles. The van der Waals surface area contributed by atoms with Crippen LogP contribution in [0.2, 0.25) is 0 Å². The molecule has 206 valence electrons. The topological polar surface area (TPSA) is 103 Å². The number of benzene rings is 2. The summed E-state index contributed by atoms with van der Waals surface area (Å²) >= 11 is 0. The first-order valence-corrected chi connectivity index (χ1v) is 13.8. The molecule has 4 aromatic rings. The van der Waals surface area contributed by atoms with Gasteiger partial charge in [0, 0.05) is 42.4 Å². The van der Waals surface area contributed by atoms with E-state index in [2.05, 4.69) is 66.9 Å². The quantitative estimate of drug-likeness (QED) is 0.304. The van der Waals surface area contributed by atoms with Crippen LogP contribution in [-0.4, -0.2) is 32.6 Å². The van der Waals surface area contributed by atoms with Crippen molar-refractivity contribution in [3.8, 4) is 16.9 Å². The molecular weight excluding hydrogens is 498 g/mol. The predicted molar refractivity (Wildman–Crippen MR) is 157 cm³/mol. The van der Waals surface area contributed by atoms with Crippen LogP contribution in [0, 0.1) is 25.2 Å². The molecule has 1 aliphatic carbocycles. The number of nitrogens with two attached hydrogens (primary N) is 1. The molecule has 2 aromatic carbocycles. The highest BCUT2D eigenvalue weighted by Gasteiger charge is 2.50. The molecule has 40 heavy (non-hydrogen) atoms. The van der Waals surface area contributed by atoms with E-state index in [1.165, 1.54) is 11.1 Å². The van der Waals surface area contributed by atoms with Gasteiger partial charge in [-0.05, 0) is 78.6 Å². The smallest absolute Gasteiger partial charge is 0.240 e. The molecule has 0 bridgehead atoms. The second-order valence-electron chi connectivity index (χ2n) is 11.6. The van der Waals surface area contributed by atoms with Gasteiger partial charge >= 0.3 is 0 Å². The van der Waals surface area contributed by atoms with Crippen LogP contribution in [0.15, 0.2) is 79.1 Å². The van der Waals surface area contributed by atoms with Crippen molar-refractivity contribution in [2.75, 3.05) is 0 Å². The summed E-state index contributed by atoms with van der Waals surface area (Å²) in [5, 5.41) is 7.91. The Hall–Kier alpha value is -4.26. The molecule has 7 heteroatoms. The summed E-state index contributed by atoms with van der Waals surface area (Å²) in [7, 11) is 0. The second-order valence-corrected chi connectivity index (χ2v) is 11.6. The van der Waals surface area contributed by atoms with Gasteiger partial charge in [-0.15, -0.1) is 0 Å². The number of primary amides is 1. The number of aromatic nitrogens is 3. The number of nitrogens with one attached hydrogen (secondary N) is 1. The number of amides is 2. The molecule has 2 amide bonds. The first kappa shape index (κ1) is 27.3. The SMILES string of the molecule is Cc1ccc(-n2nc(-c3cccnc3)cc2[C@H]2C[C@H](CC(=O)N[C@@H](Cc3ccccc3)C(N)=O)C2(C)C)cc1C. The van der Waals surface area contributed by atoms with Crippen molar-refractivity contribution in [1.29, 1.82) is 0 Å². The van der Waals surface area contributed by atoms with E-state index in [-0.39, 0.29) is 23.2 Å². The summed E-state index contributed by atoms with van der Waals surface area (Å²) in [4.78, 5) is 29.5. The zero-order valence-corrected chi connectivity index (χ0v) is 23.6. The molecule has 7 nitrogen and oxygen atoms in total. The van der Waals surface area contributed by atoms with E-state index in [0.29, 0.717) is 12.8 Å². The van der Waals surface area contributed by atoms with Crippen LogP contribution in [0.4, 0.5) is 0 Å². The number of nitrogens with zero attached hydrogens (tertiary/aromatic N) is 3. The minimum absolute atomic E-state index is 0.144. The molecule has 1 fully saturated rings. The molecule has 2 heterocycles. The average molecular weight is 536 g/mol. The third kappa shape index (κ3) is 5.55. The molecule has 0 radical (unpaired) electrons. The fraction of sp³-hybridized carbons (Fsp3) is 0.333. The summed E-state index contributed by atoms with van der Waals surface area (Å²) in [6.07, 6.45) is 5.17. The van der Waals surface area contributed by atoms with E-state index >= 15 is 0 Å². The number of pyridine rings is 1. The summed E-state index contributed by atoms with van der Waals surface area (Å²) in [5.74, 6) is -0.299. The van der Waals surface area contributed by atoms with Crippen molar-refractivity contribution in [1.82, 2.24) is 20.1 Å². The standard InChI is InChI=1S/C33H37N5O2/c1-21-12-13-26(15-22(21)2)38-30(19-28(37-38)24-11-8-14-35-20-24)27-17-25(33(27,3)4)18-31(39)36-29(32(34)40)16-23-9-6-5-7-10-23/h5-15,19-20,25,27,29H,16-18H2,1-4H3,(H2,34,40)(H,36,39)/t25-,27-,29+/m1/s1. The Labute approximate surface area is 235 Å². The number of hydrogen-bond acceptors (Lipinski definition) is 4. The maximum Gasteiger partial charge on any atom is 0.240 e. The third-order valence-corrected chi connectivity index (χ3v) is 8.65. The highest BCUT2D eigenvalue weighted by Crippen LogP contribution is 2.58. The van der Waals surface area contributed by atoms with Gasteiger partial charge in [-0.3, -0.25) is 14.6 Å². The van der Waals surface area contributed by atoms with E-state index in [9.17, 15) is 9.59 Å². The monoisotopic (exact) mass is 535 g/mol. The Balaban J connectivity index is 1.35. The zero-order valence-electron chi connectivity index (χ0n) is 23.6. The van der Waals surface area contributed by atoms with E-state index in [1.54, 1.807) is 6.20 Å². The maximum absolute atomic E-state index is 13.1. The molecule has 3 atom stereocenters. The average Bonchev–Trinajstić information content (AvgIpc) is 3.37. The van der Waals surface area contributed by atoms with Gasteiger partial charge in [-0.1, -0.05) is 50.2 Å². The van der Waals surface area contributed by atoms with Crippen molar-refractivity contribution < 1.29 is 9.59 Å². The third-order valence-electron chi connectivity index (χ3n) is 8.65. The van der Waals surface area contributed by atoms with Crippen LogP contribution in [0.25, 0.3) is 16.9 Å². The Morgan fingerprint density at radius 3 is 2.48 bits per heavy atom. The van der Waals surface area contributed by atoms with Crippen molar-refractivity contribution in [2.24, 2.45) is 17.1 Å². The van der Waals surface area contributed by atoms with Gasteiger partial charge < -0.3 is 11.1 Å². The fourth-order valence-electron chi connectivity index (χ4n) is 5.78. The lowest BCUT2D eigenvalue weighted by molar-refractivity contribution is -0.130. The summed E-state index contributed by atoms with van der Waals surface area (Å²) in [5.41, 5.74) is 12.9. The van der Waals surface area contributed by atoms with Gasteiger partial charge in [-0.25, -0.2) is 4.68 Å². The number of carbonyl (C=O) groups is 2. The van der Waals surface area contributed by atoms with Crippen LogP contribution >= 0.6 is 0 Å². The van der Waals surface area contributed by atoms with Crippen LogP contribution in [0.1, 0.15) is 55.0 Å². The summed E-state index contributed by atoms with van der Waals surface area (Å²) in [6, 6.07) is 21.4. The molecule has 0 spiro atoms. The highest BCUT2D eigenvalue weighted by molar-refractivity contribution is 5.87. The Morgan fingerprint density at radius 2 is 1.82 bits per heavy atom. The normalized spacial score (nSPS) is 18.5. The number of hydrogen-bond donors (Lipinski definition) is 2. The molecule has 0 aliphatic heterocycles. The largest absolute Gasteiger partial charge is 0.368 e. The summed E-state index contributed by atoms with van der Waals surface area (Å²) in [6.45, 7) is 8.66. The molecule has 1 aliphatic rings. The first-order valence-electron chi connectivity index (χ1n) is 13.8. The molecule has 5 rings (SSSR count). The van der Waals surface area contributed by atoms with Crippen LogP contribution < -0.4 is 11.1 Å². The fourth-order valence-corrected chi connectivity index (χ4v) is 5.78. The Bertz CT molecular complexity index is 1510. The minimum atomic E-state index is -0.734. The number of rotatable bonds is 9. The van der Waals surface area contributed by atoms with E-state index in [4.69, 9.17) is 10.8 Å². The number of carbonyl (C=O) groups excluding carboxylic acids is 2. The molecule has 2 aromatic heterocycles. The lowest BCUT2D eigenvalue weighted by Gasteiger charge is -2.52. The second kappa shape index (κ2) is 11.1. The Morgan fingerprint density at radius 1 is 1.05 bits per heavy atom. The lowest BCUT2D eigenvalue weighted by Crippen LogP contribution is -2.49. The van der Waals surface area contributed by atoms with Crippen LogP contribution in [0.3, 0.4) is 0 Å². The van der Waals surface area contributed by atoms with Crippen molar-refractivity contribution in [3.05, 3.63) is 102 Å². The number of aryl methyl sites for hydroxylation is 2. The predicted octanol–water partition coefficient (Wildman–Crippen LogP) is 5.28. The summed E-state index contributed by atoms with van der Waals surface area (Å²) < 4.78 is 2.06. The van der Waals surface area contributed by atoms with Gasteiger partial charge in [-0.2, -0.15) is 5.10 Å². The van der Waals surface area contributed by atoms with Crippen molar-refractivity contribution in [3.63, 3.8) is 0 Å². The zero-order chi connectivity index (χ0) is 28.4. The minimum Gasteiger partial charge on any atom is -0.368 e. The van der Waals surface area contributed by atoms with E-state index in [1.807, 2.05) is 48.7 Å². The van der Waals surface area contributed by atoms with Gasteiger partial charge in [0.2, 0.25) is 11.8 Å².